The van der Waals surface area contributed by atoms with E-state index in [1.54, 1.807) is 0 Å². The maximum Gasteiger partial charge on any atom is 0.303 e. The quantitative estimate of drug-likeness (QED) is 0.661. The van der Waals surface area contributed by atoms with Crippen molar-refractivity contribution in [2.24, 2.45) is 11.3 Å². The van der Waals surface area contributed by atoms with Crippen molar-refractivity contribution in [3.63, 3.8) is 0 Å². The zero-order valence-corrected chi connectivity index (χ0v) is 8.35. The average Bonchev–Trinajstić information content (AvgIpc) is 1.79. The molecule has 0 aliphatic rings. The molecule has 0 aliphatic carbocycles. The van der Waals surface area contributed by atoms with Crippen LogP contribution in [0.3, 0.4) is 0 Å². The third kappa shape index (κ3) is 3.56. The van der Waals surface area contributed by atoms with E-state index in [4.69, 9.17) is 5.11 Å². The Balaban J connectivity index is 4.46. The Morgan fingerprint density at radius 2 is 1.92 bits per heavy atom. The fourth-order valence-electron chi connectivity index (χ4n) is 1.39. The second-order valence-electron chi connectivity index (χ2n) is 4.36. The number of carbonyl (C=O) groups is 1. The van der Waals surface area contributed by atoms with Gasteiger partial charge in [0.1, 0.15) is 0 Å². The highest BCUT2D eigenvalue weighted by Crippen LogP contribution is 2.33. The second kappa shape index (κ2) is 3.74. The van der Waals surface area contributed by atoms with E-state index >= 15 is 0 Å². The molecule has 0 aromatic heterocycles. The summed E-state index contributed by atoms with van der Waals surface area (Å²) in [6.07, 6.45) is 0.179. The summed E-state index contributed by atoms with van der Waals surface area (Å²) >= 11 is 0. The van der Waals surface area contributed by atoms with Crippen molar-refractivity contribution < 1.29 is 9.90 Å². The minimum Gasteiger partial charge on any atom is -0.481 e. The monoisotopic (exact) mass is 170 g/mol. The highest BCUT2D eigenvalue weighted by Gasteiger charge is 2.27. The molecule has 12 heavy (non-hydrogen) atoms. The Hall–Kier alpha value is -0.790. The molecule has 0 amide bonds. The van der Waals surface area contributed by atoms with Gasteiger partial charge >= 0.3 is 5.97 Å². The van der Waals surface area contributed by atoms with Crippen molar-refractivity contribution in [2.75, 3.05) is 0 Å². The summed E-state index contributed by atoms with van der Waals surface area (Å²) in [4.78, 5) is 10.5. The molecular weight excluding hydrogens is 152 g/mol. The Morgan fingerprint density at radius 1 is 1.50 bits per heavy atom. The zero-order valence-electron chi connectivity index (χ0n) is 8.35. The molecule has 0 bridgehead atoms. The smallest absolute Gasteiger partial charge is 0.303 e. The molecule has 0 spiro atoms. The van der Waals surface area contributed by atoms with Gasteiger partial charge in [0, 0.05) is 0 Å². The van der Waals surface area contributed by atoms with E-state index in [-0.39, 0.29) is 17.8 Å². The van der Waals surface area contributed by atoms with Crippen molar-refractivity contribution >= 4 is 5.97 Å². The minimum absolute atomic E-state index is 0.00970. The van der Waals surface area contributed by atoms with Gasteiger partial charge in [-0.1, -0.05) is 32.9 Å². The maximum absolute atomic E-state index is 10.5. The summed E-state index contributed by atoms with van der Waals surface area (Å²) in [5.41, 5.74) is 0.939. The van der Waals surface area contributed by atoms with Crippen LogP contribution in [0.15, 0.2) is 12.2 Å². The molecule has 2 heteroatoms. The van der Waals surface area contributed by atoms with E-state index in [0.29, 0.717) is 0 Å². The fraction of sp³-hybridized carbons (Fsp3) is 0.700. The number of aliphatic carboxylic acids is 1. The summed E-state index contributed by atoms with van der Waals surface area (Å²) in [6.45, 7) is 11.8. The van der Waals surface area contributed by atoms with E-state index in [2.05, 4.69) is 6.58 Å². The highest BCUT2D eigenvalue weighted by molar-refractivity contribution is 5.67. The highest BCUT2D eigenvalue weighted by atomic mass is 16.4. The van der Waals surface area contributed by atoms with Gasteiger partial charge in [-0.2, -0.15) is 0 Å². The lowest BCUT2D eigenvalue weighted by Gasteiger charge is -2.29. The van der Waals surface area contributed by atoms with E-state index in [9.17, 15) is 4.79 Å². The molecule has 2 nitrogen and oxygen atoms in total. The molecule has 70 valence electrons. The Bertz CT molecular complexity index is 187. The first kappa shape index (κ1) is 11.2. The van der Waals surface area contributed by atoms with Crippen LogP contribution >= 0.6 is 0 Å². The van der Waals surface area contributed by atoms with Crippen molar-refractivity contribution in [3.8, 4) is 0 Å². The van der Waals surface area contributed by atoms with Gasteiger partial charge in [-0.25, -0.2) is 0 Å². The van der Waals surface area contributed by atoms with E-state index in [0.717, 1.165) is 5.57 Å². The molecule has 0 fully saturated rings. The third-order valence-electron chi connectivity index (χ3n) is 2.02. The molecule has 0 radical (unpaired) electrons. The van der Waals surface area contributed by atoms with Crippen molar-refractivity contribution in [1.29, 1.82) is 0 Å². The molecule has 0 saturated carbocycles. The zero-order chi connectivity index (χ0) is 9.94. The van der Waals surface area contributed by atoms with Crippen LogP contribution < -0.4 is 0 Å². The lowest BCUT2D eigenvalue weighted by Crippen LogP contribution is -2.24. The molecule has 0 rings (SSSR count). The van der Waals surface area contributed by atoms with Crippen LogP contribution in [0.2, 0.25) is 0 Å². The average molecular weight is 170 g/mol. The topological polar surface area (TPSA) is 37.3 Å². The SMILES string of the molecule is C=C(C)[C@H](CC(=O)O)C(C)(C)C. The van der Waals surface area contributed by atoms with Crippen LogP contribution in [0, 0.1) is 11.3 Å². The molecule has 1 N–H and O–H groups in total. The van der Waals surface area contributed by atoms with Crippen LogP contribution in [0.4, 0.5) is 0 Å². The Kier molecular flexibility index (Phi) is 3.50. The van der Waals surface area contributed by atoms with Gasteiger partial charge in [-0.3, -0.25) is 4.79 Å². The maximum atomic E-state index is 10.5. The molecule has 0 heterocycles. The van der Waals surface area contributed by atoms with E-state index < -0.39 is 5.97 Å². The van der Waals surface area contributed by atoms with Crippen LogP contribution in [0.1, 0.15) is 34.1 Å². The second-order valence-corrected chi connectivity index (χ2v) is 4.36. The Labute approximate surface area is 74.3 Å². The first-order valence-corrected chi connectivity index (χ1v) is 4.12. The first-order chi connectivity index (χ1) is 5.25. The van der Waals surface area contributed by atoms with Gasteiger partial charge in [-0.15, -0.1) is 0 Å². The number of hydrogen-bond donors (Lipinski definition) is 1. The summed E-state index contributed by atoms with van der Waals surface area (Å²) < 4.78 is 0. The Morgan fingerprint density at radius 3 is 2.00 bits per heavy atom. The molecule has 0 aromatic rings. The van der Waals surface area contributed by atoms with Crippen LogP contribution in [0.25, 0.3) is 0 Å². The minimum atomic E-state index is -0.752. The summed E-state index contributed by atoms with van der Waals surface area (Å²) in [6, 6.07) is 0. The first-order valence-electron chi connectivity index (χ1n) is 4.12. The number of rotatable bonds is 3. The predicted octanol–water partition coefficient (Wildman–Crippen LogP) is 2.70. The van der Waals surface area contributed by atoms with Crippen LogP contribution in [-0.2, 0) is 4.79 Å². The molecule has 0 aliphatic heterocycles. The van der Waals surface area contributed by atoms with Gasteiger partial charge in [0.25, 0.3) is 0 Å². The third-order valence-corrected chi connectivity index (χ3v) is 2.02. The van der Waals surface area contributed by atoms with Gasteiger partial charge < -0.3 is 5.11 Å². The molecule has 1 atom stereocenters. The van der Waals surface area contributed by atoms with E-state index in [1.165, 1.54) is 0 Å². The summed E-state index contributed by atoms with van der Waals surface area (Å²) in [5, 5.41) is 8.65. The largest absolute Gasteiger partial charge is 0.481 e. The number of carboxylic acids is 1. The van der Waals surface area contributed by atoms with Gasteiger partial charge in [0.2, 0.25) is 0 Å². The normalized spacial score (nSPS) is 14.0. The number of allylic oxidation sites excluding steroid dienone is 1. The molecule has 0 aromatic carbocycles. The van der Waals surface area contributed by atoms with E-state index in [1.807, 2.05) is 27.7 Å². The summed E-state index contributed by atoms with van der Waals surface area (Å²) in [5.74, 6) is -0.687. The summed E-state index contributed by atoms with van der Waals surface area (Å²) in [7, 11) is 0. The van der Waals surface area contributed by atoms with Crippen molar-refractivity contribution in [2.45, 2.75) is 34.1 Å². The number of hydrogen-bond acceptors (Lipinski definition) is 1. The fourth-order valence-corrected chi connectivity index (χ4v) is 1.39. The van der Waals surface area contributed by atoms with Gasteiger partial charge in [0.05, 0.1) is 6.42 Å². The predicted molar refractivity (Wildman–Crippen MR) is 50.0 cm³/mol. The van der Waals surface area contributed by atoms with Crippen LogP contribution in [0.5, 0.6) is 0 Å². The molecule has 0 unspecified atom stereocenters. The standard InChI is InChI=1S/C10H18O2/c1-7(2)8(6-9(11)12)10(3,4)5/h8H,1,6H2,2-5H3,(H,11,12)/t8-/m0/s1. The number of carboxylic acid groups (broad SMARTS) is 1. The van der Waals surface area contributed by atoms with Crippen LogP contribution in [-0.4, -0.2) is 11.1 Å². The lowest BCUT2D eigenvalue weighted by molar-refractivity contribution is -0.138. The van der Waals surface area contributed by atoms with Gasteiger partial charge in [-0.05, 0) is 18.3 Å². The molecular formula is C10H18O2. The van der Waals surface area contributed by atoms with Crippen molar-refractivity contribution in [3.05, 3.63) is 12.2 Å². The lowest BCUT2D eigenvalue weighted by atomic mass is 9.75. The van der Waals surface area contributed by atoms with Crippen molar-refractivity contribution in [1.82, 2.24) is 0 Å². The molecule has 0 saturated heterocycles. The van der Waals surface area contributed by atoms with Gasteiger partial charge in [0.15, 0.2) is 0 Å².